The molecule has 160 valence electrons. The molecule has 8 heteroatoms. The highest BCUT2D eigenvalue weighted by atomic mass is 35.5. The number of nitrogens with one attached hydrogen (secondary N) is 2. The van der Waals surface area contributed by atoms with Crippen LogP contribution in [0.5, 0.6) is 0 Å². The van der Waals surface area contributed by atoms with Gasteiger partial charge in [-0.2, -0.15) is 0 Å². The molecule has 1 saturated heterocycles. The van der Waals surface area contributed by atoms with Gasteiger partial charge in [-0.1, -0.05) is 35.3 Å². The second-order valence-corrected chi connectivity index (χ2v) is 8.15. The van der Waals surface area contributed by atoms with Crippen LogP contribution in [-0.4, -0.2) is 38.1 Å². The summed E-state index contributed by atoms with van der Waals surface area (Å²) in [4.78, 5) is 24.5. The van der Waals surface area contributed by atoms with E-state index in [1.807, 2.05) is 24.3 Å². The highest BCUT2D eigenvalue weighted by Gasteiger charge is 2.34. The maximum atomic E-state index is 13.1. The van der Waals surface area contributed by atoms with E-state index in [2.05, 4.69) is 10.6 Å². The van der Waals surface area contributed by atoms with Crippen molar-refractivity contribution in [3.8, 4) is 0 Å². The lowest BCUT2D eigenvalue weighted by Gasteiger charge is -2.38. The zero-order valence-corrected chi connectivity index (χ0v) is 17.9. The first kappa shape index (κ1) is 22.5. The number of amides is 2. The average Bonchev–Trinajstić information content (AvgIpc) is 2.73. The van der Waals surface area contributed by atoms with Gasteiger partial charge in [-0.15, -0.1) is 0 Å². The van der Waals surface area contributed by atoms with Crippen molar-refractivity contribution in [3.63, 3.8) is 0 Å². The first-order valence-electron chi connectivity index (χ1n) is 9.73. The van der Waals surface area contributed by atoms with E-state index in [-0.39, 0.29) is 34.9 Å². The molecule has 5 nitrogen and oxygen atoms in total. The Hall–Kier alpha value is -2.15. The molecule has 0 aliphatic carbocycles. The van der Waals surface area contributed by atoms with E-state index in [4.69, 9.17) is 27.9 Å². The molecule has 0 bridgehead atoms. The SMILES string of the molecule is O=C(CCNC(=O)c1ccc(F)cc1Cl)NCC1(c2ccc(Cl)cc2)CCOCC1. The van der Waals surface area contributed by atoms with Crippen LogP contribution in [0, 0.1) is 5.82 Å². The van der Waals surface area contributed by atoms with Crippen molar-refractivity contribution in [3.05, 3.63) is 69.5 Å². The van der Waals surface area contributed by atoms with Gasteiger partial charge in [0.25, 0.3) is 5.91 Å². The van der Waals surface area contributed by atoms with Gasteiger partial charge >= 0.3 is 0 Å². The fraction of sp³-hybridized carbons (Fsp3) is 0.364. The van der Waals surface area contributed by atoms with Crippen LogP contribution >= 0.6 is 23.2 Å². The molecule has 0 unspecified atom stereocenters. The van der Waals surface area contributed by atoms with Crippen molar-refractivity contribution in [1.82, 2.24) is 10.6 Å². The van der Waals surface area contributed by atoms with Crippen LogP contribution < -0.4 is 10.6 Å². The lowest BCUT2D eigenvalue weighted by atomic mass is 9.74. The summed E-state index contributed by atoms with van der Waals surface area (Å²) in [7, 11) is 0. The molecule has 1 fully saturated rings. The Morgan fingerprint density at radius 1 is 1.03 bits per heavy atom. The monoisotopic (exact) mass is 452 g/mol. The number of hydrogen-bond donors (Lipinski definition) is 2. The van der Waals surface area contributed by atoms with E-state index in [1.165, 1.54) is 6.07 Å². The van der Waals surface area contributed by atoms with Gasteiger partial charge in [-0.05, 0) is 48.7 Å². The molecule has 1 heterocycles. The summed E-state index contributed by atoms with van der Waals surface area (Å²) >= 11 is 11.9. The second-order valence-electron chi connectivity index (χ2n) is 7.31. The third-order valence-corrected chi connectivity index (χ3v) is 5.91. The molecule has 1 aliphatic rings. The molecule has 1 aliphatic heterocycles. The normalized spacial score (nSPS) is 15.4. The number of halogens is 3. The molecular weight excluding hydrogens is 430 g/mol. The van der Waals surface area contributed by atoms with Crippen molar-refractivity contribution in [2.75, 3.05) is 26.3 Å². The van der Waals surface area contributed by atoms with Crippen LogP contribution in [0.15, 0.2) is 42.5 Å². The Balaban J connectivity index is 1.52. The van der Waals surface area contributed by atoms with Crippen molar-refractivity contribution in [2.45, 2.75) is 24.7 Å². The molecule has 0 saturated carbocycles. The summed E-state index contributed by atoms with van der Waals surface area (Å²) in [6.45, 7) is 1.89. The van der Waals surface area contributed by atoms with Gasteiger partial charge in [0, 0.05) is 43.2 Å². The van der Waals surface area contributed by atoms with Gasteiger partial charge in [0.05, 0.1) is 10.6 Å². The fourth-order valence-corrected chi connectivity index (χ4v) is 3.93. The zero-order chi connectivity index (χ0) is 21.6. The Labute approximate surface area is 184 Å². The quantitative estimate of drug-likeness (QED) is 0.663. The molecule has 0 aromatic heterocycles. The van der Waals surface area contributed by atoms with Crippen molar-refractivity contribution in [1.29, 1.82) is 0 Å². The van der Waals surface area contributed by atoms with Crippen LogP contribution in [-0.2, 0) is 14.9 Å². The van der Waals surface area contributed by atoms with Crippen molar-refractivity contribution >= 4 is 35.0 Å². The van der Waals surface area contributed by atoms with E-state index < -0.39 is 11.7 Å². The van der Waals surface area contributed by atoms with Gasteiger partial charge in [-0.25, -0.2) is 4.39 Å². The number of ether oxygens (including phenoxy) is 1. The summed E-state index contributed by atoms with van der Waals surface area (Å²) < 4.78 is 18.6. The highest BCUT2D eigenvalue weighted by molar-refractivity contribution is 6.33. The van der Waals surface area contributed by atoms with Crippen LogP contribution in [0.1, 0.15) is 35.2 Å². The van der Waals surface area contributed by atoms with Gasteiger partial charge in [0.2, 0.25) is 5.91 Å². The largest absolute Gasteiger partial charge is 0.381 e. The third kappa shape index (κ3) is 5.72. The average molecular weight is 453 g/mol. The fourth-order valence-electron chi connectivity index (χ4n) is 3.55. The minimum absolute atomic E-state index is 0.0291. The Kier molecular flexibility index (Phi) is 7.69. The maximum Gasteiger partial charge on any atom is 0.252 e. The summed E-state index contributed by atoms with van der Waals surface area (Å²) in [5.74, 6) is -1.13. The van der Waals surface area contributed by atoms with Crippen LogP contribution in [0.4, 0.5) is 4.39 Å². The van der Waals surface area contributed by atoms with E-state index in [0.29, 0.717) is 24.8 Å². The standard InChI is InChI=1S/C22H23Cl2FN2O3/c23-16-3-1-15(2-4-16)22(8-11-30-12-9-22)14-27-20(28)7-10-26-21(29)18-6-5-17(25)13-19(18)24/h1-6,13H,7-12,14H2,(H,26,29)(H,27,28). The number of hydrogen-bond acceptors (Lipinski definition) is 3. The van der Waals surface area contributed by atoms with Crippen LogP contribution in [0.2, 0.25) is 10.0 Å². The minimum Gasteiger partial charge on any atom is -0.381 e. The molecule has 2 aromatic carbocycles. The first-order valence-corrected chi connectivity index (χ1v) is 10.5. The van der Waals surface area contributed by atoms with Gasteiger partial charge in [0.15, 0.2) is 0 Å². The molecule has 30 heavy (non-hydrogen) atoms. The number of carbonyl (C=O) groups excluding carboxylic acids is 2. The first-order chi connectivity index (χ1) is 14.4. The molecule has 0 radical (unpaired) electrons. The molecule has 0 atom stereocenters. The van der Waals surface area contributed by atoms with Crippen molar-refractivity contribution < 1.29 is 18.7 Å². The van der Waals surface area contributed by atoms with E-state index in [0.717, 1.165) is 30.5 Å². The number of carbonyl (C=O) groups is 2. The zero-order valence-electron chi connectivity index (χ0n) is 16.3. The summed E-state index contributed by atoms with van der Waals surface area (Å²) in [5.41, 5.74) is 1.08. The predicted octanol–water partition coefficient (Wildman–Crippen LogP) is 4.12. The molecule has 3 rings (SSSR count). The van der Waals surface area contributed by atoms with Gasteiger partial charge < -0.3 is 15.4 Å². The van der Waals surface area contributed by atoms with Crippen LogP contribution in [0.3, 0.4) is 0 Å². The second kappa shape index (κ2) is 10.2. The minimum atomic E-state index is -0.515. The van der Waals surface area contributed by atoms with Gasteiger partial charge in [0.1, 0.15) is 5.82 Å². The lowest BCUT2D eigenvalue weighted by Crippen LogP contribution is -2.45. The summed E-state index contributed by atoms with van der Waals surface area (Å²) in [6.07, 6.45) is 1.72. The Bertz CT molecular complexity index is 900. The molecule has 2 aromatic rings. The van der Waals surface area contributed by atoms with E-state index >= 15 is 0 Å². The van der Waals surface area contributed by atoms with E-state index in [1.54, 1.807) is 0 Å². The summed E-state index contributed by atoms with van der Waals surface area (Å²) in [6, 6.07) is 11.2. The molecule has 2 amide bonds. The molecule has 2 N–H and O–H groups in total. The summed E-state index contributed by atoms with van der Waals surface area (Å²) in [5, 5.41) is 6.32. The third-order valence-electron chi connectivity index (χ3n) is 5.34. The number of rotatable bonds is 7. The number of benzene rings is 2. The smallest absolute Gasteiger partial charge is 0.252 e. The Morgan fingerprint density at radius 2 is 1.73 bits per heavy atom. The Morgan fingerprint density at radius 3 is 2.40 bits per heavy atom. The lowest BCUT2D eigenvalue weighted by molar-refractivity contribution is -0.121. The predicted molar refractivity (Wildman–Crippen MR) is 115 cm³/mol. The van der Waals surface area contributed by atoms with Crippen molar-refractivity contribution in [2.24, 2.45) is 0 Å². The topological polar surface area (TPSA) is 67.4 Å². The molecular formula is C22H23Cl2FN2O3. The van der Waals surface area contributed by atoms with E-state index in [9.17, 15) is 14.0 Å². The molecule has 0 spiro atoms. The van der Waals surface area contributed by atoms with Gasteiger partial charge in [-0.3, -0.25) is 9.59 Å². The van der Waals surface area contributed by atoms with Crippen LogP contribution in [0.25, 0.3) is 0 Å². The maximum absolute atomic E-state index is 13.1. The highest BCUT2D eigenvalue weighted by Crippen LogP contribution is 2.34.